The number of rotatable bonds is 6. The van der Waals surface area contributed by atoms with Gasteiger partial charge in [-0.25, -0.2) is 4.79 Å². The summed E-state index contributed by atoms with van der Waals surface area (Å²) in [4.78, 5) is 23.1. The Balaban J connectivity index is 1.40. The number of ether oxygens (including phenoxy) is 1. The van der Waals surface area contributed by atoms with E-state index in [1.165, 1.54) is 0 Å². The molecule has 1 aliphatic rings. The molecule has 1 heterocycles. The van der Waals surface area contributed by atoms with E-state index >= 15 is 0 Å². The Morgan fingerprint density at radius 3 is 2.84 bits per heavy atom. The van der Waals surface area contributed by atoms with Crippen LogP contribution in [0.25, 0.3) is 6.08 Å². The van der Waals surface area contributed by atoms with Crippen LogP contribution in [0.4, 0.5) is 10.5 Å². The molecule has 0 aromatic heterocycles. The van der Waals surface area contributed by atoms with E-state index in [0.29, 0.717) is 19.4 Å². The number of anilines is 1. The summed E-state index contributed by atoms with van der Waals surface area (Å²) < 4.78 is 5.14. The van der Waals surface area contributed by atoms with E-state index < -0.39 is 6.09 Å². The average molecular weight is 336 g/mol. The maximum atomic E-state index is 11.6. The first-order chi connectivity index (χ1) is 12.2. The van der Waals surface area contributed by atoms with E-state index in [-0.39, 0.29) is 12.5 Å². The molecule has 0 bridgehead atoms. The van der Waals surface area contributed by atoms with Gasteiger partial charge < -0.3 is 15.4 Å². The van der Waals surface area contributed by atoms with Crippen molar-refractivity contribution in [3.8, 4) is 0 Å². The van der Waals surface area contributed by atoms with Gasteiger partial charge in [-0.15, -0.1) is 0 Å². The molecule has 0 saturated carbocycles. The molecule has 0 atom stereocenters. The summed E-state index contributed by atoms with van der Waals surface area (Å²) in [6.45, 7) is 0.754. The number of fused-ring (bicyclic) bond motifs is 1. The Kier molecular flexibility index (Phi) is 5.46. The Morgan fingerprint density at radius 1 is 1.16 bits per heavy atom. The monoisotopic (exact) mass is 336 g/mol. The van der Waals surface area contributed by atoms with Crippen LogP contribution in [-0.2, 0) is 22.6 Å². The molecule has 0 spiro atoms. The SMILES string of the molecule is O=C1Cc2cccc(C=CCCNC(=O)OCc3ccccc3)c2N1. The summed E-state index contributed by atoms with van der Waals surface area (Å²) in [7, 11) is 0. The number of carbonyl (C=O) groups is 2. The maximum Gasteiger partial charge on any atom is 0.407 e. The Hall–Kier alpha value is -3.08. The lowest BCUT2D eigenvalue weighted by Crippen LogP contribution is -2.24. The summed E-state index contributed by atoms with van der Waals surface area (Å²) in [5.74, 6) is 0.0266. The van der Waals surface area contributed by atoms with Crippen LogP contribution in [0.15, 0.2) is 54.6 Å². The summed E-state index contributed by atoms with van der Waals surface area (Å²) in [6.07, 6.45) is 4.62. The fraction of sp³-hybridized carbons (Fsp3) is 0.200. The third-order valence-corrected chi connectivity index (χ3v) is 3.89. The van der Waals surface area contributed by atoms with Gasteiger partial charge >= 0.3 is 6.09 Å². The highest BCUT2D eigenvalue weighted by Gasteiger charge is 2.18. The highest BCUT2D eigenvalue weighted by molar-refractivity contribution is 6.01. The number of para-hydroxylation sites is 1. The number of benzene rings is 2. The molecule has 128 valence electrons. The van der Waals surface area contributed by atoms with Crippen LogP contribution in [0.1, 0.15) is 23.1 Å². The van der Waals surface area contributed by atoms with Crippen molar-refractivity contribution in [2.75, 3.05) is 11.9 Å². The smallest absolute Gasteiger partial charge is 0.407 e. The number of hydrogen-bond donors (Lipinski definition) is 2. The van der Waals surface area contributed by atoms with Gasteiger partial charge in [0.05, 0.1) is 12.1 Å². The Morgan fingerprint density at radius 2 is 2.00 bits per heavy atom. The number of hydrogen-bond acceptors (Lipinski definition) is 3. The van der Waals surface area contributed by atoms with Crippen LogP contribution in [0, 0.1) is 0 Å². The zero-order valence-electron chi connectivity index (χ0n) is 13.8. The van der Waals surface area contributed by atoms with Gasteiger partial charge in [-0.05, 0) is 23.1 Å². The van der Waals surface area contributed by atoms with Crippen molar-refractivity contribution in [1.82, 2.24) is 5.32 Å². The molecule has 2 aromatic rings. The van der Waals surface area contributed by atoms with Gasteiger partial charge in [0, 0.05) is 6.54 Å². The van der Waals surface area contributed by atoms with Crippen LogP contribution in [0.5, 0.6) is 0 Å². The molecule has 0 aliphatic carbocycles. The second-order valence-corrected chi connectivity index (χ2v) is 5.79. The molecule has 3 rings (SSSR count). The fourth-order valence-corrected chi connectivity index (χ4v) is 2.66. The van der Waals surface area contributed by atoms with Crippen LogP contribution >= 0.6 is 0 Å². The second kappa shape index (κ2) is 8.15. The molecule has 1 aliphatic heterocycles. The van der Waals surface area contributed by atoms with E-state index in [2.05, 4.69) is 10.6 Å². The molecule has 25 heavy (non-hydrogen) atoms. The van der Waals surface area contributed by atoms with Crippen molar-refractivity contribution in [2.45, 2.75) is 19.4 Å². The predicted molar refractivity (Wildman–Crippen MR) is 97.1 cm³/mol. The highest BCUT2D eigenvalue weighted by Crippen LogP contribution is 2.27. The lowest BCUT2D eigenvalue weighted by molar-refractivity contribution is -0.115. The first kappa shape index (κ1) is 16.8. The summed E-state index contributed by atoms with van der Waals surface area (Å²) in [5.41, 5.74) is 3.85. The topological polar surface area (TPSA) is 67.4 Å². The van der Waals surface area contributed by atoms with E-state index in [1.54, 1.807) is 0 Å². The van der Waals surface area contributed by atoms with Crippen LogP contribution in [0.2, 0.25) is 0 Å². The summed E-state index contributed by atoms with van der Waals surface area (Å²) >= 11 is 0. The molecule has 2 amide bonds. The predicted octanol–water partition coefficient (Wildman–Crippen LogP) is 3.51. The van der Waals surface area contributed by atoms with Gasteiger partial charge in [-0.1, -0.05) is 60.7 Å². The van der Waals surface area contributed by atoms with Crippen LogP contribution in [0.3, 0.4) is 0 Å². The normalized spacial score (nSPS) is 12.7. The van der Waals surface area contributed by atoms with Gasteiger partial charge in [0.15, 0.2) is 0 Å². The molecule has 0 fully saturated rings. The molecular weight excluding hydrogens is 316 g/mol. The molecular formula is C20H20N2O3. The van der Waals surface area contributed by atoms with Gasteiger partial charge in [-0.3, -0.25) is 4.79 Å². The summed E-state index contributed by atoms with van der Waals surface area (Å²) in [5, 5.41) is 5.59. The highest BCUT2D eigenvalue weighted by atomic mass is 16.5. The van der Waals surface area contributed by atoms with E-state index in [1.807, 2.05) is 60.7 Å². The maximum absolute atomic E-state index is 11.6. The van der Waals surface area contributed by atoms with E-state index in [4.69, 9.17) is 4.74 Å². The standard InChI is InChI=1S/C20H20N2O3/c23-18-13-17-11-6-10-16(19(17)22-18)9-4-5-12-21-20(24)25-14-15-7-2-1-3-8-15/h1-4,6-11H,5,12-14H2,(H,21,24)(H,22,23). The number of nitrogens with one attached hydrogen (secondary N) is 2. The third-order valence-electron chi connectivity index (χ3n) is 3.89. The molecule has 0 radical (unpaired) electrons. The minimum absolute atomic E-state index is 0.0266. The van der Waals surface area contributed by atoms with Crippen molar-refractivity contribution < 1.29 is 14.3 Å². The minimum atomic E-state index is -0.426. The van der Waals surface area contributed by atoms with Gasteiger partial charge in [0.25, 0.3) is 0 Å². The van der Waals surface area contributed by atoms with Crippen molar-refractivity contribution >= 4 is 23.8 Å². The molecule has 2 N–H and O–H groups in total. The van der Waals surface area contributed by atoms with E-state index in [9.17, 15) is 9.59 Å². The molecule has 5 nitrogen and oxygen atoms in total. The third kappa shape index (κ3) is 4.70. The van der Waals surface area contributed by atoms with E-state index in [0.717, 1.165) is 22.4 Å². The van der Waals surface area contributed by atoms with Crippen molar-refractivity contribution in [3.63, 3.8) is 0 Å². The largest absolute Gasteiger partial charge is 0.445 e. The molecule has 0 unspecified atom stereocenters. The first-order valence-corrected chi connectivity index (χ1v) is 8.25. The lowest BCUT2D eigenvalue weighted by Gasteiger charge is -2.06. The van der Waals surface area contributed by atoms with Gasteiger partial charge in [-0.2, -0.15) is 0 Å². The Labute approximate surface area is 146 Å². The van der Waals surface area contributed by atoms with Crippen LogP contribution < -0.4 is 10.6 Å². The number of carbonyl (C=O) groups excluding carboxylic acids is 2. The Bertz CT molecular complexity index is 785. The fourth-order valence-electron chi connectivity index (χ4n) is 2.66. The quantitative estimate of drug-likeness (QED) is 0.793. The van der Waals surface area contributed by atoms with Gasteiger partial charge in [0.2, 0.25) is 5.91 Å². The average Bonchev–Trinajstić information content (AvgIpc) is 3.01. The lowest BCUT2D eigenvalue weighted by atomic mass is 10.1. The van der Waals surface area contributed by atoms with Crippen LogP contribution in [-0.4, -0.2) is 18.5 Å². The number of alkyl carbamates (subject to hydrolysis) is 1. The zero-order chi connectivity index (χ0) is 17.5. The first-order valence-electron chi connectivity index (χ1n) is 8.25. The minimum Gasteiger partial charge on any atom is -0.445 e. The molecule has 0 saturated heterocycles. The van der Waals surface area contributed by atoms with Gasteiger partial charge in [0.1, 0.15) is 6.61 Å². The molecule has 5 heteroatoms. The zero-order valence-corrected chi connectivity index (χ0v) is 13.8. The molecule has 2 aromatic carbocycles. The second-order valence-electron chi connectivity index (χ2n) is 5.79. The van der Waals surface area contributed by atoms with Crippen molar-refractivity contribution in [2.24, 2.45) is 0 Å². The van der Waals surface area contributed by atoms with Crippen molar-refractivity contribution in [1.29, 1.82) is 0 Å². The number of amides is 2. The van der Waals surface area contributed by atoms with Crippen molar-refractivity contribution in [3.05, 3.63) is 71.3 Å². The summed E-state index contributed by atoms with van der Waals surface area (Å²) in [6, 6.07) is 15.4.